The van der Waals surface area contributed by atoms with E-state index in [1.807, 2.05) is 0 Å². The molecular formula is C10H14N2O5S. The largest absolute Gasteiger partial charge is 0.392 e. The molecule has 7 nitrogen and oxygen atoms in total. The minimum absolute atomic E-state index is 0.345. The summed E-state index contributed by atoms with van der Waals surface area (Å²) in [5, 5.41) is 18.4. The van der Waals surface area contributed by atoms with E-state index in [4.69, 9.17) is 4.74 Å². The number of aliphatic hydroxyl groups is 2. The molecule has 2 heterocycles. The molecule has 1 aliphatic heterocycles. The van der Waals surface area contributed by atoms with Crippen LogP contribution >= 0.6 is 11.8 Å². The van der Waals surface area contributed by atoms with Gasteiger partial charge in [0.05, 0.1) is 13.2 Å². The molecule has 1 aromatic rings. The molecule has 0 saturated carbocycles. The Morgan fingerprint density at radius 2 is 2.22 bits per heavy atom. The molecule has 1 atom stereocenters. The lowest BCUT2D eigenvalue weighted by molar-refractivity contribution is -0.0924. The molecule has 0 spiro atoms. The summed E-state index contributed by atoms with van der Waals surface area (Å²) < 4.78 is 6.77. The van der Waals surface area contributed by atoms with Gasteiger partial charge in [-0.2, -0.15) is 0 Å². The van der Waals surface area contributed by atoms with Crippen LogP contribution in [0.15, 0.2) is 15.8 Å². The van der Waals surface area contributed by atoms with Gasteiger partial charge in [-0.05, 0) is 6.92 Å². The van der Waals surface area contributed by atoms with Crippen LogP contribution in [0.5, 0.6) is 0 Å². The fraction of sp³-hybridized carbons (Fsp3) is 0.600. The van der Waals surface area contributed by atoms with Gasteiger partial charge in [0.1, 0.15) is 6.23 Å². The van der Waals surface area contributed by atoms with E-state index in [0.29, 0.717) is 11.3 Å². The highest BCUT2D eigenvalue weighted by Gasteiger charge is 2.41. The Bertz CT molecular complexity index is 548. The van der Waals surface area contributed by atoms with Crippen LogP contribution in [0.4, 0.5) is 0 Å². The maximum Gasteiger partial charge on any atom is 0.330 e. The van der Waals surface area contributed by atoms with Crippen LogP contribution in [0.25, 0.3) is 0 Å². The van der Waals surface area contributed by atoms with Gasteiger partial charge in [0.25, 0.3) is 5.56 Å². The quantitative estimate of drug-likeness (QED) is 0.639. The number of thioether (sulfide) groups is 1. The molecule has 3 N–H and O–H groups in total. The number of H-pyrrole nitrogens is 1. The molecule has 2 rings (SSSR count). The fourth-order valence-electron chi connectivity index (χ4n) is 1.69. The normalized spacial score (nSPS) is 22.3. The van der Waals surface area contributed by atoms with Crippen molar-refractivity contribution in [1.29, 1.82) is 0 Å². The highest BCUT2D eigenvalue weighted by atomic mass is 32.2. The van der Waals surface area contributed by atoms with Crippen molar-refractivity contribution in [2.24, 2.45) is 0 Å². The third-order valence-corrected chi connectivity index (χ3v) is 4.11. The molecule has 0 amide bonds. The Labute approximate surface area is 106 Å². The summed E-state index contributed by atoms with van der Waals surface area (Å²) in [6.07, 6.45) is 0.800. The molecule has 100 valence electrons. The van der Waals surface area contributed by atoms with Crippen molar-refractivity contribution in [3.8, 4) is 0 Å². The Balaban J connectivity index is 2.33. The summed E-state index contributed by atoms with van der Waals surface area (Å²) in [5.41, 5.74) is -0.603. The number of rotatable bonds is 3. The van der Waals surface area contributed by atoms with Crippen LogP contribution in [0.1, 0.15) is 11.8 Å². The van der Waals surface area contributed by atoms with Crippen molar-refractivity contribution in [1.82, 2.24) is 9.55 Å². The van der Waals surface area contributed by atoms with E-state index in [9.17, 15) is 19.8 Å². The second kappa shape index (κ2) is 4.88. The van der Waals surface area contributed by atoms with Crippen molar-refractivity contribution in [2.45, 2.75) is 18.1 Å². The lowest BCUT2D eigenvalue weighted by Crippen LogP contribution is -2.38. The van der Waals surface area contributed by atoms with Gasteiger partial charge in [-0.3, -0.25) is 14.3 Å². The van der Waals surface area contributed by atoms with Crippen molar-refractivity contribution < 1.29 is 14.9 Å². The highest BCUT2D eigenvalue weighted by Crippen LogP contribution is 2.39. The number of hydrogen-bond donors (Lipinski definition) is 3. The molecule has 1 fully saturated rings. The number of aryl methyl sites for hydroxylation is 1. The van der Waals surface area contributed by atoms with Crippen LogP contribution in [-0.4, -0.2) is 43.7 Å². The minimum atomic E-state index is -1.09. The minimum Gasteiger partial charge on any atom is -0.392 e. The molecule has 0 unspecified atom stereocenters. The maximum absolute atomic E-state index is 11.7. The van der Waals surface area contributed by atoms with Gasteiger partial charge in [-0.15, -0.1) is 11.8 Å². The number of nitrogens with one attached hydrogen (secondary N) is 1. The average molecular weight is 274 g/mol. The number of aromatic amines is 1. The monoisotopic (exact) mass is 274 g/mol. The van der Waals surface area contributed by atoms with Gasteiger partial charge in [-0.1, -0.05) is 0 Å². The van der Waals surface area contributed by atoms with Crippen LogP contribution in [0.2, 0.25) is 0 Å². The molecule has 0 aromatic carbocycles. The van der Waals surface area contributed by atoms with Gasteiger partial charge >= 0.3 is 5.69 Å². The predicted molar refractivity (Wildman–Crippen MR) is 65.5 cm³/mol. The number of aromatic nitrogens is 2. The van der Waals surface area contributed by atoms with E-state index in [2.05, 4.69) is 4.98 Å². The first-order valence-corrected chi connectivity index (χ1v) is 6.35. The van der Waals surface area contributed by atoms with E-state index in [1.54, 1.807) is 6.92 Å². The third-order valence-electron chi connectivity index (χ3n) is 2.78. The van der Waals surface area contributed by atoms with Crippen molar-refractivity contribution in [3.63, 3.8) is 0 Å². The van der Waals surface area contributed by atoms with Crippen LogP contribution in [0, 0.1) is 6.92 Å². The molecular weight excluding hydrogens is 260 g/mol. The Morgan fingerprint density at radius 1 is 1.56 bits per heavy atom. The second-order valence-electron chi connectivity index (χ2n) is 4.09. The van der Waals surface area contributed by atoms with E-state index < -0.39 is 22.4 Å². The third kappa shape index (κ3) is 2.24. The van der Waals surface area contributed by atoms with Crippen LogP contribution < -0.4 is 11.2 Å². The fourth-order valence-corrected chi connectivity index (χ4v) is 2.73. The molecule has 0 aliphatic carbocycles. The average Bonchev–Trinajstić information content (AvgIpc) is 2.79. The predicted octanol–water partition coefficient (Wildman–Crippen LogP) is -1.21. The first kappa shape index (κ1) is 13.3. The van der Waals surface area contributed by atoms with Crippen molar-refractivity contribution in [3.05, 3.63) is 32.6 Å². The first-order valence-electron chi connectivity index (χ1n) is 5.37. The van der Waals surface area contributed by atoms with E-state index in [-0.39, 0.29) is 13.2 Å². The standard InChI is InChI=1S/C10H14N2O5S/c1-6-2-12(9(16)11-8(6)15)7-3-18-10(4-13,5-14)17-7/h2,7,13-14H,3-5H2,1H3,(H,11,15,16)/t7-/m1/s1. The molecule has 1 aliphatic rings. The number of ether oxygens (including phenoxy) is 1. The molecule has 8 heteroatoms. The summed E-state index contributed by atoms with van der Waals surface area (Å²) in [4.78, 5) is 24.0. The Hall–Kier alpha value is -1.09. The zero-order valence-electron chi connectivity index (χ0n) is 9.75. The van der Waals surface area contributed by atoms with Gasteiger partial charge < -0.3 is 14.9 Å². The topological polar surface area (TPSA) is 105 Å². The molecule has 0 bridgehead atoms. The summed E-state index contributed by atoms with van der Waals surface area (Å²) in [6, 6.07) is 0. The van der Waals surface area contributed by atoms with E-state index in [1.165, 1.54) is 22.5 Å². The summed E-state index contributed by atoms with van der Waals surface area (Å²) in [6.45, 7) is 0.895. The summed E-state index contributed by atoms with van der Waals surface area (Å²) in [7, 11) is 0. The van der Waals surface area contributed by atoms with Gasteiger partial charge in [0, 0.05) is 17.5 Å². The van der Waals surface area contributed by atoms with Gasteiger partial charge in [-0.25, -0.2) is 4.79 Å². The first-order chi connectivity index (χ1) is 8.51. The van der Waals surface area contributed by atoms with E-state index >= 15 is 0 Å². The van der Waals surface area contributed by atoms with Crippen LogP contribution in [-0.2, 0) is 4.74 Å². The van der Waals surface area contributed by atoms with Crippen LogP contribution in [0.3, 0.4) is 0 Å². The maximum atomic E-state index is 11.7. The summed E-state index contributed by atoms with van der Waals surface area (Å²) >= 11 is 1.24. The zero-order valence-corrected chi connectivity index (χ0v) is 10.6. The second-order valence-corrected chi connectivity index (χ2v) is 5.46. The Morgan fingerprint density at radius 3 is 2.78 bits per heavy atom. The molecule has 1 saturated heterocycles. The lowest BCUT2D eigenvalue weighted by Gasteiger charge is -2.23. The number of aliphatic hydroxyl groups excluding tert-OH is 2. The smallest absolute Gasteiger partial charge is 0.330 e. The number of nitrogens with zero attached hydrogens (tertiary/aromatic N) is 1. The van der Waals surface area contributed by atoms with Crippen molar-refractivity contribution in [2.75, 3.05) is 19.0 Å². The Kier molecular flexibility index (Phi) is 3.62. The zero-order chi connectivity index (χ0) is 13.3. The van der Waals surface area contributed by atoms with E-state index in [0.717, 1.165) is 0 Å². The van der Waals surface area contributed by atoms with Gasteiger partial charge in [0.15, 0.2) is 4.93 Å². The highest BCUT2D eigenvalue weighted by molar-refractivity contribution is 8.00. The lowest BCUT2D eigenvalue weighted by atomic mass is 10.3. The molecule has 0 radical (unpaired) electrons. The molecule has 18 heavy (non-hydrogen) atoms. The van der Waals surface area contributed by atoms with Crippen molar-refractivity contribution >= 4 is 11.8 Å². The SMILES string of the molecule is Cc1cn([C@H]2CSC(CO)(CO)O2)c(=O)[nH]c1=O. The summed E-state index contributed by atoms with van der Waals surface area (Å²) in [5.74, 6) is 0.409. The number of hydrogen-bond acceptors (Lipinski definition) is 6. The van der Waals surface area contributed by atoms with Gasteiger partial charge in [0.2, 0.25) is 0 Å². The molecule has 1 aromatic heterocycles.